The Labute approximate surface area is 165 Å². The molecule has 23 heavy (non-hydrogen) atoms. The number of carbonyl (C=O) groups excluding carboxylic acids is 2. The van der Waals surface area contributed by atoms with Gasteiger partial charge in [0.15, 0.2) is 0 Å². The fourth-order valence-corrected chi connectivity index (χ4v) is 1.06. The molecule has 1 unspecified atom stereocenters. The summed E-state index contributed by atoms with van der Waals surface area (Å²) in [6.07, 6.45) is 0. The van der Waals surface area contributed by atoms with Crippen LogP contribution in [0.15, 0.2) is 42.5 Å². The third-order valence-electron chi connectivity index (χ3n) is 1.72. The molecule has 0 aliphatic carbocycles. The number of nitrogens with one attached hydrogen (secondary N) is 2. The molecule has 0 spiro atoms. The number of phenolic OH excluding ortho intramolecular Hbond substituents is 1. The van der Waals surface area contributed by atoms with Crippen LogP contribution in [-0.2, 0) is 46.9 Å². The number of aromatic hydroxyl groups is 1. The van der Waals surface area contributed by atoms with Crippen LogP contribution in [0.2, 0.25) is 0 Å². The van der Waals surface area contributed by atoms with Crippen LogP contribution in [-0.4, -0.2) is 17.2 Å². The molecule has 0 radical (unpaired) electrons. The van der Waals surface area contributed by atoms with Crippen molar-refractivity contribution in [2.45, 2.75) is 0 Å². The first-order chi connectivity index (χ1) is 10.0. The predicted molar refractivity (Wildman–Crippen MR) is 82.1 cm³/mol. The van der Waals surface area contributed by atoms with Crippen molar-refractivity contribution < 1.29 is 61.6 Å². The summed E-state index contributed by atoms with van der Waals surface area (Å²) in [7, 11) is 1.69. The average Bonchev–Trinajstić information content (AvgIpc) is 2.43. The minimum absolute atomic E-state index is 0. The number of carbonyl (C=O) groups is 2. The molecular weight excluding hydrogens is 659 g/mol. The summed E-state index contributed by atoms with van der Waals surface area (Å²) in [5.74, 6) is 1.17. The normalized spacial score (nSPS) is 7.52. The van der Waals surface area contributed by atoms with Crippen molar-refractivity contribution in [1.82, 2.24) is 0 Å². The van der Waals surface area contributed by atoms with Gasteiger partial charge in [-0.3, -0.25) is 0 Å². The Hall–Kier alpha value is -1.21. The Kier molecular flexibility index (Phi) is 19.9. The SMILES string of the molecule is Oc1cc[c-]cc1Oc1cc[c-]cc1.[NH-]C(=O)P.[NH-]C=O.[W+2].[W+2]. The van der Waals surface area contributed by atoms with Gasteiger partial charge in [-0.05, 0) is 0 Å². The minimum Gasteiger partial charge on any atom is -0.671 e. The van der Waals surface area contributed by atoms with Crippen molar-refractivity contribution in [3.8, 4) is 17.2 Å². The van der Waals surface area contributed by atoms with E-state index in [0.717, 1.165) is 0 Å². The number of amides is 2. The second-order valence-corrected chi connectivity index (χ2v) is 3.74. The molecule has 2 aromatic rings. The molecule has 2 rings (SSSR count). The smallest absolute Gasteiger partial charge is 0.671 e. The molecule has 6 nitrogen and oxygen atoms in total. The maximum absolute atomic E-state index is 9.42. The van der Waals surface area contributed by atoms with Crippen molar-refractivity contribution in [3.05, 3.63) is 66.1 Å². The van der Waals surface area contributed by atoms with Crippen molar-refractivity contribution in [3.63, 3.8) is 0 Å². The fraction of sp³-hybridized carbons (Fsp3) is 0. The maximum Gasteiger partial charge on any atom is 2.00 e. The third-order valence-corrected chi connectivity index (χ3v) is 1.72. The summed E-state index contributed by atoms with van der Waals surface area (Å²) >= 11 is 0. The molecular formula is C14H13N2O4PW2. The molecule has 120 valence electrons. The zero-order valence-electron chi connectivity index (χ0n) is 11.7. The zero-order chi connectivity index (χ0) is 16.1. The van der Waals surface area contributed by atoms with E-state index in [1.54, 1.807) is 45.6 Å². The first kappa shape index (κ1) is 26.7. The fourth-order valence-electron chi connectivity index (χ4n) is 1.06. The summed E-state index contributed by atoms with van der Waals surface area (Å²) in [6.45, 7) is 0. The average molecular weight is 672 g/mol. The van der Waals surface area contributed by atoms with Crippen LogP contribution in [0, 0.1) is 12.1 Å². The van der Waals surface area contributed by atoms with Gasteiger partial charge < -0.3 is 30.9 Å². The van der Waals surface area contributed by atoms with Gasteiger partial charge in [-0.15, -0.1) is 24.3 Å². The van der Waals surface area contributed by atoms with Crippen LogP contribution in [0.1, 0.15) is 0 Å². The van der Waals surface area contributed by atoms with E-state index in [9.17, 15) is 5.11 Å². The summed E-state index contributed by atoms with van der Waals surface area (Å²) < 4.78 is 5.41. The van der Waals surface area contributed by atoms with Crippen molar-refractivity contribution in [1.29, 1.82) is 0 Å². The molecule has 0 heterocycles. The van der Waals surface area contributed by atoms with Crippen LogP contribution in [0.5, 0.6) is 17.2 Å². The van der Waals surface area contributed by atoms with E-state index in [0.29, 0.717) is 11.5 Å². The molecule has 0 saturated carbocycles. The van der Waals surface area contributed by atoms with Gasteiger partial charge >= 0.3 is 42.1 Å². The number of hydrogen-bond donors (Lipinski definition) is 1. The topological polar surface area (TPSA) is 111 Å². The Bertz CT molecular complexity index is 555. The molecule has 2 amide bonds. The van der Waals surface area contributed by atoms with Crippen LogP contribution < -0.4 is 4.74 Å². The summed E-state index contributed by atoms with van der Waals surface area (Å²) in [5, 5.41) is 9.42. The van der Waals surface area contributed by atoms with Crippen molar-refractivity contribution in [2.24, 2.45) is 0 Å². The van der Waals surface area contributed by atoms with Crippen LogP contribution in [0.4, 0.5) is 4.79 Å². The quantitative estimate of drug-likeness (QED) is 0.296. The Morgan fingerprint density at radius 3 is 2.04 bits per heavy atom. The maximum atomic E-state index is 9.42. The monoisotopic (exact) mass is 672 g/mol. The van der Waals surface area contributed by atoms with Gasteiger partial charge in [-0.1, -0.05) is 9.24 Å². The number of ether oxygens (including phenoxy) is 1. The van der Waals surface area contributed by atoms with Gasteiger partial charge in [-0.2, -0.15) is 30.3 Å². The molecule has 0 aliphatic heterocycles. The number of rotatable bonds is 2. The van der Waals surface area contributed by atoms with Crippen molar-refractivity contribution >= 4 is 21.3 Å². The standard InChI is InChI=1S/C12H8O2.CH4NOP.CH3NO.2W/c13-11-8-4-5-9-12(11)14-10-6-2-1-3-7-10;2-1(3)4;2-1-3;;/h2-4,6-9,13H;4H2,(H2,2,3);1H,(H2,2,3);;/q-2;;;2*+2/p-2. The van der Waals surface area contributed by atoms with E-state index in [4.69, 9.17) is 25.8 Å². The summed E-state index contributed by atoms with van der Waals surface area (Å²) in [5.41, 5.74) is 10.8. The summed E-state index contributed by atoms with van der Waals surface area (Å²) in [4.78, 5) is 17.5. The molecule has 2 aromatic carbocycles. The number of hydrogen-bond acceptors (Lipinski definition) is 4. The molecule has 0 aliphatic rings. The van der Waals surface area contributed by atoms with Gasteiger partial charge in [0.25, 0.3) is 0 Å². The third kappa shape index (κ3) is 15.5. The van der Waals surface area contributed by atoms with E-state index in [2.05, 4.69) is 12.1 Å². The van der Waals surface area contributed by atoms with Crippen LogP contribution in [0.3, 0.4) is 0 Å². The van der Waals surface area contributed by atoms with E-state index >= 15 is 0 Å². The van der Waals surface area contributed by atoms with Gasteiger partial charge in [0, 0.05) is 17.9 Å². The van der Waals surface area contributed by atoms with Gasteiger partial charge in [0.2, 0.25) is 0 Å². The van der Waals surface area contributed by atoms with Crippen LogP contribution in [0.25, 0.3) is 11.5 Å². The van der Waals surface area contributed by atoms with Gasteiger partial charge in [0.05, 0.1) is 11.4 Å². The van der Waals surface area contributed by atoms with Crippen molar-refractivity contribution in [2.75, 3.05) is 0 Å². The van der Waals surface area contributed by atoms with E-state index in [1.165, 1.54) is 6.07 Å². The van der Waals surface area contributed by atoms with Gasteiger partial charge in [-0.25, -0.2) is 0 Å². The molecule has 0 fully saturated rings. The van der Waals surface area contributed by atoms with E-state index in [1.807, 2.05) is 0 Å². The minimum atomic E-state index is -0.667. The summed E-state index contributed by atoms with van der Waals surface area (Å²) in [6, 6.07) is 17.5. The molecule has 1 atom stereocenters. The molecule has 3 N–H and O–H groups in total. The predicted octanol–water partition coefficient (Wildman–Crippen LogP) is 4.01. The Morgan fingerprint density at radius 2 is 1.61 bits per heavy atom. The second kappa shape index (κ2) is 17.1. The Balaban J connectivity index is -0.000000385. The molecule has 0 bridgehead atoms. The Morgan fingerprint density at radius 1 is 1.17 bits per heavy atom. The molecule has 9 heteroatoms. The number of benzene rings is 2. The zero-order valence-corrected chi connectivity index (χ0v) is 18.7. The van der Waals surface area contributed by atoms with Gasteiger partial charge in [0.1, 0.15) is 0 Å². The largest absolute Gasteiger partial charge is 2.00 e. The van der Waals surface area contributed by atoms with E-state index < -0.39 is 5.65 Å². The first-order valence-corrected chi connectivity index (χ1v) is 6.04. The first-order valence-electron chi connectivity index (χ1n) is 5.46. The second-order valence-electron chi connectivity index (χ2n) is 3.21. The molecule has 0 aromatic heterocycles. The number of phenols is 1. The van der Waals surface area contributed by atoms with Crippen LogP contribution >= 0.6 is 9.24 Å². The molecule has 0 saturated heterocycles. The van der Waals surface area contributed by atoms with E-state index in [-0.39, 0.29) is 54.3 Å².